The normalized spacial score (nSPS) is 21.8. The van der Waals surface area contributed by atoms with Crippen LogP contribution in [0.1, 0.15) is 17.9 Å². The summed E-state index contributed by atoms with van der Waals surface area (Å²) in [6, 6.07) is 9.77. The van der Waals surface area contributed by atoms with Crippen molar-refractivity contribution in [2.45, 2.75) is 18.4 Å². The van der Waals surface area contributed by atoms with Crippen LogP contribution < -0.4 is 11.5 Å². The van der Waals surface area contributed by atoms with E-state index in [1.165, 1.54) is 0 Å². The van der Waals surface area contributed by atoms with Gasteiger partial charge in [0.2, 0.25) is 11.8 Å². The van der Waals surface area contributed by atoms with Gasteiger partial charge in [0, 0.05) is 25.0 Å². The van der Waals surface area contributed by atoms with Crippen molar-refractivity contribution in [3.63, 3.8) is 0 Å². The molecule has 0 radical (unpaired) electrons. The number of rotatable bonds is 3. The Hall–Kier alpha value is -1.59. The molecule has 0 spiro atoms. The second-order valence-electron chi connectivity index (χ2n) is 4.62. The van der Waals surface area contributed by atoms with Gasteiger partial charge in [0.15, 0.2) is 0 Å². The lowest BCUT2D eigenvalue weighted by Crippen LogP contribution is -2.34. The number of amides is 2. The Balaban J connectivity index is 0.00000180. The Kier molecular flexibility index (Phi) is 5.32. The van der Waals surface area contributed by atoms with E-state index in [0.717, 1.165) is 5.56 Å². The summed E-state index contributed by atoms with van der Waals surface area (Å²) < 4.78 is 0. The molecule has 2 amide bonds. The van der Waals surface area contributed by atoms with Crippen LogP contribution >= 0.6 is 12.4 Å². The van der Waals surface area contributed by atoms with Gasteiger partial charge in [0.05, 0.1) is 0 Å². The van der Waals surface area contributed by atoms with E-state index in [2.05, 4.69) is 0 Å². The highest BCUT2D eigenvalue weighted by atomic mass is 35.5. The van der Waals surface area contributed by atoms with Gasteiger partial charge < -0.3 is 16.4 Å². The average Bonchev–Trinajstić information content (AvgIpc) is 2.72. The van der Waals surface area contributed by atoms with E-state index >= 15 is 0 Å². The smallest absolute Gasteiger partial charge is 0.232 e. The van der Waals surface area contributed by atoms with Gasteiger partial charge in [-0.2, -0.15) is 0 Å². The number of nitrogens with two attached hydrogens (primary N) is 2. The number of carbonyl (C=O) groups excluding carboxylic acids is 2. The highest BCUT2D eigenvalue weighted by molar-refractivity contribution is 5.96. The molecule has 1 aromatic carbocycles. The van der Waals surface area contributed by atoms with Crippen molar-refractivity contribution in [1.29, 1.82) is 0 Å². The molecule has 0 unspecified atom stereocenters. The van der Waals surface area contributed by atoms with Crippen LogP contribution in [0.5, 0.6) is 0 Å². The number of primary amides is 1. The standard InChI is InChI=1S/C13H17N3O2.ClH/c14-11-8-16(13(18)6-12(15)17)7-10(11)9-4-2-1-3-5-9;/h1-5,10-11H,6-8,14H2,(H2,15,17);1H/t10-,11+;/m0./s1. The molecule has 0 aromatic heterocycles. The quantitative estimate of drug-likeness (QED) is 0.779. The van der Waals surface area contributed by atoms with Gasteiger partial charge in [-0.25, -0.2) is 0 Å². The number of benzene rings is 1. The first-order chi connectivity index (χ1) is 8.58. The molecule has 19 heavy (non-hydrogen) atoms. The minimum Gasteiger partial charge on any atom is -0.369 e. The molecule has 1 saturated heterocycles. The van der Waals surface area contributed by atoms with E-state index in [0.29, 0.717) is 13.1 Å². The number of hydrogen-bond acceptors (Lipinski definition) is 3. The number of likely N-dealkylation sites (tertiary alicyclic amines) is 1. The molecule has 2 atom stereocenters. The summed E-state index contributed by atoms with van der Waals surface area (Å²) in [5.41, 5.74) is 12.2. The number of carbonyl (C=O) groups is 2. The first kappa shape index (κ1) is 15.5. The summed E-state index contributed by atoms with van der Waals surface area (Å²) in [5, 5.41) is 0. The third-order valence-electron chi connectivity index (χ3n) is 3.27. The Morgan fingerprint density at radius 1 is 1.21 bits per heavy atom. The fraction of sp³-hybridized carbons (Fsp3) is 0.385. The average molecular weight is 284 g/mol. The lowest BCUT2D eigenvalue weighted by molar-refractivity contribution is -0.134. The van der Waals surface area contributed by atoms with Crippen molar-refractivity contribution < 1.29 is 9.59 Å². The largest absolute Gasteiger partial charge is 0.369 e. The molecule has 1 aliphatic heterocycles. The summed E-state index contributed by atoms with van der Waals surface area (Å²) >= 11 is 0. The lowest BCUT2D eigenvalue weighted by Gasteiger charge is -2.15. The van der Waals surface area contributed by atoms with Crippen molar-refractivity contribution in [2.24, 2.45) is 11.5 Å². The number of nitrogens with zero attached hydrogens (tertiary/aromatic N) is 1. The van der Waals surface area contributed by atoms with Crippen LogP contribution in [0.2, 0.25) is 0 Å². The Morgan fingerprint density at radius 2 is 1.84 bits per heavy atom. The molecule has 4 N–H and O–H groups in total. The predicted octanol–water partition coefficient (Wildman–Crippen LogP) is 0.237. The molecular weight excluding hydrogens is 266 g/mol. The van der Waals surface area contributed by atoms with Crippen LogP contribution in [0, 0.1) is 0 Å². The minimum atomic E-state index is -0.600. The molecule has 2 rings (SSSR count). The Labute approximate surface area is 118 Å². The minimum absolute atomic E-state index is 0. The predicted molar refractivity (Wildman–Crippen MR) is 74.8 cm³/mol. The highest BCUT2D eigenvalue weighted by Crippen LogP contribution is 2.26. The SMILES string of the molecule is Cl.NC(=O)CC(=O)N1C[C@@H](N)[C@H](c2ccccc2)C1. The van der Waals surface area contributed by atoms with Crippen LogP contribution in [-0.4, -0.2) is 35.8 Å². The molecular formula is C13H18ClN3O2. The van der Waals surface area contributed by atoms with Crippen LogP contribution in [0.15, 0.2) is 30.3 Å². The topological polar surface area (TPSA) is 89.4 Å². The lowest BCUT2D eigenvalue weighted by atomic mass is 9.95. The Morgan fingerprint density at radius 3 is 2.42 bits per heavy atom. The molecule has 5 nitrogen and oxygen atoms in total. The maximum absolute atomic E-state index is 11.7. The van der Waals surface area contributed by atoms with E-state index < -0.39 is 5.91 Å². The third kappa shape index (κ3) is 3.68. The van der Waals surface area contributed by atoms with E-state index in [1.54, 1.807) is 4.90 Å². The van der Waals surface area contributed by atoms with Gasteiger partial charge in [-0.05, 0) is 5.56 Å². The second-order valence-corrected chi connectivity index (χ2v) is 4.62. The summed E-state index contributed by atoms with van der Waals surface area (Å²) in [5.74, 6) is -0.712. The monoisotopic (exact) mass is 283 g/mol. The van der Waals surface area contributed by atoms with Gasteiger partial charge in [0.1, 0.15) is 6.42 Å². The van der Waals surface area contributed by atoms with Gasteiger partial charge in [-0.15, -0.1) is 12.4 Å². The van der Waals surface area contributed by atoms with E-state index in [9.17, 15) is 9.59 Å². The fourth-order valence-corrected chi connectivity index (χ4v) is 2.35. The molecule has 0 aliphatic carbocycles. The zero-order chi connectivity index (χ0) is 13.1. The molecule has 1 fully saturated rings. The van der Waals surface area contributed by atoms with Gasteiger partial charge in [-0.1, -0.05) is 30.3 Å². The van der Waals surface area contributed by atoms with Gasteiger partial charge in [-0.3, -0.25) is 9.59 Å². The Bertz CT molecular complexity index is 452. The van der Waals surface area contributed by atoms with Crippen LogP contribution in [-0.2, 0) is 9.59 Å². The molecule has 1 aliphatic rings. The first-order valence-corrected chi connectivity index (χ1v) is 5.94. The van der Waals surface area contributed by atoms with E-state index in [4.69, 9.17) is 11.5 Å². The zero-order valence-electron chi connectivity index (χ0n) is 10.5. The van der Waals surface area contributed by atoms with Crippen molar-refractivity contribution in [3.8, 4) is 0 Å². The van der Waals surface area contributed by atoms with Crippen LogP contribution in [0.4, 0.5) is 0 Å². The van der Waals surface area contributed by atoms with Crippen molar-refractivity contribution in [3.05, 3.63) is 35.9 Å². The van der Waals surface area contributed by atoms with E-state index in [1.807, 2.05) is 30.3 Å². The first-order valence-electron chi connectivity index (χ1n) is 5.94. The maximum Gasteiger partial charge on any atom is 0.232 e. The summed E-state index contributed by atoms with van der Waals surface area (Å²) in [6.07, 6.45) is -0.242. The maximum atomic E-state index is 11.7. The molecule has 0 bridgehead atoms. The third-order valence-corrected chi connectivity index (χ3v) is 3.27. The molecule has 104 valence electrons. The van der Waals surface area contributed by atoms with Gasteiger partial charge in [0.25, 0.3) is 0 Å². The highest BCUT2D eigenvalue weighted by Gasteiger charge is 2.33. The molecule has 6 heteroatoms. The zero-order valence-corrected chi connectivity index (χ0v) is 11.3. The van der Waals surface area contributed by atoms with Crippen molar-refractivity contribution >= 4 is 24.2 Å². The van der Waals surface area contributed by atoms with Crippen LogP contribution in [0.25, 0.3) is 0 Å². The number of halogens is 1. The fourth-order valence-electron chi connectivity index (χ4n) is 2.35. The van der Waals surface area contributed by atoms with Crippen molar-refractivity contribution in [2.75, 3.05) is 13.1 Å². The molecule has 1 aromatic rings. The van der Waals surface area contributed by atoms with E-state index in [-0.39, 0.29) is 36.7 Å². The molecule has 1 heterocycles. The second kappa shape index (κ2) is 6.54. The van der Waals surface area contributed by atoms with Crippen molar-refractivity contribution in [1.82, 2.24) is 4.90 Å². The van der Waals surface area contributed by atoms with Gasteiger partial charge >= 0.3 is 0 Å². The number of hydrogen-bond donors (Lipinski definition) is 2. The van der Waals surface area contributed by atoms with Crippen LogP contribution in [0.3, 0.4) is 0 Å². The summed E-state index contributed by atoms with van der Waals surface area (Å²) in [6.45, 7) is 1.03. The summed E-state index contributed by atoms with van der Waals surface area (Å²) in [4.78, 5) is 24.1. The summed E-state index contributed by atoms with van der Waals surface area (Å²) in [7, 11) is 0. The molecule has 0 saturated carbocycles.